The Morgan fingerprint density at radius 3 is 2.59 bits per heavy atom. The van der Waals surface area contributed by atoms with Crippen molar-refractivity contribution in [3.63, 3.8) is 0 Å². The summed E-state index contributed by atoms with van der Waals surface area (Å²) in [4.78, 5) is 25.3. The van der Waals surface area contributed by atoms with Gasteiger partial charge in [0.15, 0.2) is 0 Å². The third-order valence-corrected chi connectivity index (χ3v) is 6.33. The molecule has 1 saturated heterocycles. The van der Waals surface area contributed by atoms with E-state index < -0.39 is 23.9 Å². The van der Waals surface area contributed by atoms with Gasteiger partial charge in [0.05, 0.1) is 6.04 Å². The lowest BCUT2D eigenvalue weighted by Gasteiger charge is -2.24. The topological polar surface area (TPSA) is 89.0 Å². The number of rotatable bonds is 6. The van der Waals surface area contributed by atoms with Crippen LogP contribution in [0.3, 0.4) is 0 Å². The number of thiazole rings is 1. The highest BCUT2D eigenvalue weighted by molar-refractivity contribution is 7.14. The van der Waals surface area contributed by atoms with Gasteiger partial charge in [-0.05, 0) is 51.4 Å². The summed E-state index contributed by atoms with van der Waals surface area (Å²) in [5, 5.41) is 6.87. The molecule has 2 atom stereocenters. The Morgan fingerprint density at radius 2 is 1.97 bits per heavy atom. The number of aryl methyl sites for hydroxylation is 1. The summed E-state index contributed by atoms with van der Waals surface area (Å²) in [6, 6.07) is 4.67. The number of ether oxygens (including phenoxy) is 1. The molecule has 3 aromatic rings. The second-order valence-electron chi connectivity index (χ2n) is 8.14. The van der Waals surface area contributed by atoms with Crippen LogP contribution in [0.25, 0.3) is 10.6 Å². The molecule has 2 N–H and O–H groups in total. The minimum absolute atomic E-state index is 0.00108. The van der Waals surface area contributed by atoms with Crippen LogP contribution in [0.5, 0.6) is 5.75 Å². The number of alkyl halides is 3. The van der Waals surface area contributed by atoms with Crippen LogP contribution in [0.15, 0.2) is 36.8 Å². The molecule has 4 rings (SSSR count). The first kappa shape index (κ1) is 24.1. The molecule has 0 aliphatic carbocycles. The minimum Gasteiger partial charge on any atom is -0.489 e. The average molecular weight is 492 g/mol. The molecule has 0 spiro atoms. The molecule has 1 aliphatic rings. The van der Waals surface area contributed by atoms with Gasteiger partial charge >= 0.3 is 6.18 Å². The molecule has 3 heterocycles. The summed E-state index contributed by atoms with van der Waals surface area (Å²) in [6.07, 6.45) is 1.21. The van der Waals surface area contributed by atoms with Crippen LogP contribution < -0.4 is 15.4 Å². The van der Waals surface area contributed by atoms with E-state index in [4.69, 9.17) is 4.74 Å². The zero-order chi connectivity index (χ0) is 24.3. The zero-order valence-corrected chi connectivity index (χ0v) is 19.5. The first-order valence-corrected chi connectivity index (χ1v) is 11.7. The van der Waals surface area contributed by atoms with Gasteiger partial charge in [-0.25, -0.2) is 15.0 Å². The third kappa shape index (κ3) is 5.89. The van der Waals surface area contributed by atoms with Crippen molar-refractivity contribution in [1.29, 1.82) is 0 Å². The molecule has 2 unspecified atom stereocenters. The van der Waals surface area contributed by atoms with E-state index in [-0.39, 0.29) is 6.10 Å². The van der Waals surface area contributed by atoms with Crippen molar-refractivity contribution in [3.8, 4) is 16.3 Å². The second-order valence-corrected chi connectivity index (χ2v) is 9.38. The molecule has 180 valence electrons. The molecule has 0 bridgehead atoms. The van der Waals surface area contributed by atoms with Gasteiger partial charge in [-0.15, -0.1) is 11.3 Å². The van der Waals surface area contributed by atoms with Gasteiger partial charge in [0.2, 0.25) is 5.82 Å². The van der Waals surface area contributed by atoms with Crippen molar-refractivity contribution in [2.75, 3.05) is 13.1 Å². The van der Waals surface area contributed by atoms with Gasteiger partial charge in [0.1, 0.15) is 16.9 Å². The van der Waals surface area contributed by atoms with E-state index in [1.165, 1.54) is 11.3 Å². The highest BCUT2D eigenvalue weighted by Crippen LogP contribution is 2.31. The molecule has 1 aliphatic heterocycles. The van der Waals surface area contributed by atoms with Gasteiger partial charge in [-0.2, -0.15) is 13.2 Å². The summed E-state index contributed by atoms with van der Waals surface area (Å²) < 4.78 is 44.3. The van der Waals surface area contributed by atoms with Crippen molar-refractivity contribution < 1.29 is 22.7 Å². The Kier molecular flexibility index (Phi) is 7.13. The van der Waals surface area contributed by atoms with E-state index in [1.54, 1.807) is 25.3 Å². The molecule has 11 heteroatoms. The van der Waals surface area contributed by atoms with Gasteiger partial charge < -0.3 is 15.4 Å². The molecule has 1 fully saturated rings. The first-order valence-electron chi connectivity index (χ1n) is 10.8. The largest absolute Gasteiger partial charge is 0.489 e. The molecule has 1 amide bonds. The summed E-state index contributed by atoms with van der Waals surface area (Å²) >= 11 is 1.51. The van der Waals surface area contributed by atoms with E-state index in [0.29, 0.717) is 16.9 Å². The maximum absolute atomic E-state index is 13.1. The van der Waals surface area contributed by atoms with Crippen molar-refractivity contribution in [1.82, 2.24) is 25.6 Å². The number of carbonyl (C=O) groups excluding carboxylic acids is 1. The second kappa shape index (κ2) is 10.1. The maximum atomic E-state index is 13.1. The van der Waals surface area contributed by atoms with Crippen LogP contribution in [0.4, 0.5) is 13.2 Å². The Bertz CT molecular complexity index is 1140. The standard InChI is InChI=1S/C23H24F3N5O2S/c1-13-9-28-21(34-13)16-6-15(7-19(8-16)33-18-4-3-5-27-12-18)20(32)31-14(2)17-10-29-22(30-11-17)23(24,25)26/h6-11,14,18,27H,3-5,12H2,1-2H3,(H,31,32). The lowest BCUT2D eigenvalue weighted by atomic mass is 10.1. The van der Waals surface area contributed by atoms with E-state index >= 15 is 0 Å². The number of halogens is 3. The van der Waals surface area contributed by atoms with Crippen molar-refractivity contribution >= 4 is 17.2 Å². The molecule has 0 saturated carbocycles. The Morgan fingerprint density at radius 1 is 1.21 bits per heavy atom. The number of benzene rings is 1. The molecule has 7 nitrogen and oxygen atoms in total. The van der Waals surface area contributed by atoms with Crippen LogP contribution >= 0.6 is 11.3 Å². The Hall–Kier alpha value is -3.05. The summed E-state index contributed by atoms with van der Waals surface area (Å²) in [6.45, 7) is 5.30. The molecular formula is C23H24F3N5O2S. The fourth-order valence-corrected chi connectivity index (χ4v) is 4.35. The van der Waals surface area contributed by atoms with Crippen LogP contribution in [-0.2, 0) is 6.18 Å². The molecule has 34 heavy (non-hydrogen) atoms. The summed E-state index contributed by atoms with van der Waals surface area (Å²) in [7, 11) is 0. The normalized spacial score (nSPS) is 17.3. The fraction of sp³-hybridized carbons (Fsp3) is 0.391. The van der Waals surface area contributed by atoms with E-state index in [0.717, 1.165) is 53.8 Å². The average Bonchev–Trinajstić information content (AvgIpc) is 3.25. The molecular weight excluding hydrogens is 467 g/mol. The third-order valence-electron chi connectivity index (χ3n) is 5.36. The van der Waals surface area contributed by atoms with Gasteiger partial charge in [-0.1, -0.05) is 0 Å². The van der Waals surface area contributed by atoms with Crippen LogP contribution in [0.1, 0.15) is 52.4 Å². The monoisotopic (exact) mass is 491 g/mol. The number of nitrogens with zero attached hydrogens (tertiary/aromatic N) is 3. The zero-order valence-electron chi connectivity index (χ0n) is 18.6. The lowest BCUT2D eigenvalue weighted by Crippen LogP contribution is -2.37. The summed E-state index contributed by atoms with van der Waals surface area (Å²) in [5.74, 6) is -1.05. The Labute approximate surface area is 198 Å². The SMILES string of the molecule is Cc1cnc(-c2cc(OC3CCCNC3)cc(C(=O)NC(C)c3cnc(C(F)(F)F)nc3)c2)s1. The maximum Gasteiger partial charge on any atom is 0.451 e. The highest BCUT2D eigenvalue weighted by Gasteiger charge is 2.34. The predicted octanol–water partition coefficient (Wildman–Crippen LogP) is 4.55. The molecule has 1 aromatic carbocycles. The van der Waals surface area contributed by atoms with Gasteiger partial charge in [-0.3, -0.25) is 4.79 Å². The van der Waals surface area contributed by atoms with Crippen LogP contribution in [0.2, 0.25) is 0 Å². The first-order chi connectivity index (χ1) is 16.2. The van der Waals surface area contributed by atoms with E-state index in [1.807, 2.05) is 13.0 Å². The number of carbonyl (C=O) groups is 1. The van der Waals surface area contributed by atoms with E-state index in [9.17, 15) is 18.0 Å². The van der Waals surface area contributed by atoms with Gasteiger partial charge in [0, 0.05) is 46.7 Å². The molecule has 0 radical (unpaired) electrons. The predicted molar refractivity (Wildman–Crippen MR) is 122 cm³/mol. The quantitative estimate of drug-likeness (QED) is 0.526. The lowest BCUT2D eigenvalue weighted by molar-refractivity contribution is -0.145. The van der Waals surface area contributed by atoms with Gasteiger partial charge in [0.25, 0.3) is 5.91 Å². The fourth-order valence-electron chi connectivity index (χ4n) is 3.59. The smallest absolute Gasteiger partial charge is 0.451 e. The van der Waals surface area contributed by atoms with E-state index in [2.05, 4.69) is 25.6 Å². The Balaban J connectivity index is 1.56. The van der Waals surface area contributed by atoms with Crippen molar-refractivity contribution in [2.45, 2.75) is 45.0 Å². The van der Waals surface area contributed by atoms with Crippen LogP contribution in [0, 0.1) is 6.92 Å². The van der Waals surface area contributed by atoms with Crippen LogP contribution in [-0.4, -0.2) is 40.1 Å². The highest BCUT2D eigenvalue weighted by atomic mass is 32.1. The number of hydrogen-bond acceptors (Lipinski definition) is 7. The minimum atomic E-state index is -4.62. The number of hydrogen-bond donors (Lipinski definition) is 2. The van der Waals surface area contributed by atoms with Crippen molar-refractivity contribution in [2.24, 2.45) is 0 Å². The number of amides is 1. The number of piperidine rings is 1. The van der Waals surface area contributed by atoms with Crippen molar-refractivity contribution in [3.05, 3.63) is 58.6 Å². The molecule has 2 aromatic heterocycles. The number of aromatic nitrogens is 3. The summed E-state index contributed by atoms with van der Waals surface area (Å²) in [5.41, 5.74) is 1.48. The number of nitrogens with one attached hydrogen (secondary N) is 2.